The Bertz CT molecular complexity index is 1260. The maximum atomic E-state index is 13.9. The van der Waals surface area contributed by atoms with Crippen molar-refractivity contribution in [2.24, 2.45) is 0 Å². The number of methoxy groups -OCH3 is 4. The number of rotatable bonds is 8. The van der Waals surface area contributed by atoms with Gasteiger partial charge in [0.15, 0.2) is 28.5 Å². The molecule has 35 heavy (non-hydrogen) atoms. The number of hydrogen-bond acceptors (Lipinski definition) is 6. The van der Waals surface area contributed by atoms with E-state index in [2.05, 4.69) is 5.32 Å². The summed E-state index contributed by atoms with van der Waals surface area (Å²) in [5.41, 5.74) is 1.55. The van der Waals surface area contributed by atoms with Crippen LogP contribution in [0.2, 0.25) is 0 Å². The van der Waals surface area contributed by atoms with Crippen LogP contribution in [0.15, 0.2) is 60.7 Å². The van der Waals surface area contributed by atoms with Crippen LogP contribution in [0.3, 0.4) is 0 Å². The molecule has 1 aliphatic rings. The molecule has 1 fully saturated rings. The van der Waals surface area contributed by atoms with Crippen LogP contribution in [0, 0.1) is 6.92 Å². The molecule has 0 spiro atoms. The Kier molecular flexibility index (Phi) is 6.55. The smallest absolute Gasteiger partial charge is 0.255 e. The highest BCUT2D eigenvalue weighted by atomic mass is 16.5. The quantitative estimate of drug-likeness (QED) is 0.488. The fourth-order valence-electron chi connectivity index (χ4n) is 4.35. The molecule has 3 aromatic carbocycles. The van der Waals surface area contributed by atoms with Crippen molar-refractivity contribution in [3.8, 4) is 23.0 Å². The average Bonchev–Trinajstić information content (AvgIpc) is 2.87. The number of nitrogens with zero attached hydrogens (tertiary/aromatic N) is 1. The lowest BCUT2D eigenvalue weighted by Gasteiger charge is -2.50. The Morgan fingerprint density at radius 3 is 1.94 bits per heavy atom. The summed E-state index contributed by atoms with van der Waals surface area (Å²) in [5, 5.41) is 2.97. The van der Waals surface area contributed by atoms with Gasteiger partial charge in [0.1, 0.15) is 0 Å². The number of amides is 2. The molecule has 182 valence electrons. The van der Waals surface area contributed by atoms with E-state index in [9.17, 15) is 9.59 Å². The monoisotopic (exact) mass is 476 g/mol. The normalized spacial score (nSPS) is 16.8. The highest BCUT2D eigenvalue weighted by molar-refractivity contribution is 6.17. The van der Waals surface area contributed by atoms with E-state index in [-0.39, 0.29) is 18.2 Å². The van der Waals surface area contributed by atoms with E-state index in [4.69, 9.17) is 18.9 Å². The number of carbonyl (C=O) groups excluding carboxylic acids is 2. The van der Waals surface area contributed by atoms with Crippen LogP contribution in [0.25, 0.3) is 0 Å². The molecule has 0 radical (unpaired) electrons. The van der Waals surface area contributed by atoms with Gasteiger partial charge in [-0.1, -0.05) is 29.8 Å². The minimum atomic E-state index is -1.25. The fourth-order valence-corrected chi connectivity index (χ4v) is 4.35. The number of hydrogen-bond donors (Lipinski definition) is 1. The lowest BCUT2D eigenvalue weighted by atomic mass is 9.75. The molecule has 1 unspecified atom stereocenters. The van der Waals surface area contributed by atoms with E-state index >= 15 is 0 Å². The summed E-state index contributed by atoms with van der Waals surface area (Å²) < 4.78 is 21.4. The Balaban J connectivity index is 1.79. The molecule has 8 nitrogen and oxygen atoms in total. The van der Waals surface area contributed by atoms with Gasteiger partial charge in [-0.15, -0.1) is 0 Å². The lowest BCUT2D eigenvalue weighted by Crippen LogP contribution is -2.67. The van der Waals surface area contributed by atoms with E-state index in [1.807, 2.05) is 31.2 Å². The number of aryl methyl sites for hydroxylation is 1. The zero-order valence-corrected chi connectivity index (χ0v) is 20.4. The van der Waals surface area contributed by atoms with Gasteiger partial charge in [0.2, 0.25) is 5.91 Å². The largest absolute Gasteiger partial charge is 0.493 e. The van der Waals surface area contributed by atoms with Crippen LogP contribution in [0.4, 0.5) is 11.4 Å². The first-order valence-electron chi connectivity index (χ1n) is 11.0. The minimum absolute atomic E-state index is 0.0174. The molecule has 1 heterocycles. The van der Waals surface area contributed by atoms with Crippen molar-refractivity contribution in [3.05, 3.63) is 71.8 Å². The molecule has 4 rings (SSSR count). The third-order valence-electron chi connectivity index (χ3n) is 6.21. The molecule has 0 aliphatic carbocycles. The standard InChI is InChI=1S/C27H28N2O6/c1-17-6-8-18(9-7-17)27(26(31)28-19-10-12-21(32-2)23(14-19)34-4)16-25(30)29(27)20-11-13-22(33-3)24(15-20)35-5/h6-15H,16H2,1-5H3,(H,28,31). The third-order valence-corrected chi connectivity index (χ3v) is 6.21. The number of anilines is 2. The molecule has 1 N–H and O–H groups in total. The van der Waals surface area contributed by atoms with Crippen LogP contribution in [0.1, 0.15) is 17.5 Å². The van der Waals surface area contributed by atoms with Gasteiger partial charge in [-0.25, -0.2) is 0 Å². The molecule has 0 saturated carbocycles. The highest BCUT2D eigenvalue weighted by Crippen LogP contribution is 2.47. The van der Waals surface area contributed by atoms with E-state index in [1.165, 1.54) is 19.1 Å². The highest BCUT2D eigenvalue weighted by Gasteiger charge is 2.58. The molecule has 2 amide bonds. The van der Waals surface area contributed by atoms with Gasteiger partial charge >= 0.3 is 0 Å². The molecule has 1 saturated heterocycles. The predicted octanol–water partition coefficient (Wildman–Crippen LogP) is 4.30. The van der Waals surface area contributed by atoms with E-state index < -0.39 is 5.54 Å². The minimum Gasteiger partial charge on any atom is -0.493 e. The van der Waals surface area contributed by atoms with Crippen LogP contribution in [0.5, 0.6) is 23.0 Å². The summed E-state index contributed by atoms with van der Waals surface area (Å²) in [4.78, 5) is 28.5. The molecule has 1 aliphatic heterocycles. The summed E-state index contributed by atoms with van der Waals surface area (Å²) in [6.07, 6.45) is 0.0174. The van der Waals surface area contributed by atoms with Crippen molar-refractivity contribution in [1.29, 1.82) is 0 Å². The van der Waals surface area contributed by atoms with Crippen LogP contribution in [-0.4, -0.2) is 40.3 Å². The second-order valence-corrected chi connectivity index (χ2v) is 8.20. The molecule has 0 aromatic heterocycles. The summed E-state index contributed by atoms with van der Waals surface area (Å²) in [6.45, 7) is 1.97. The third kappa shape index (κ3) is 4.12. The Labute approximate surface area is 204 Å². The SMILES string of the molecule is COc1ccc(NC(=O)C2(c3ccc(C)cc3)CC(=O)N2c2ccc(OC)c(OC)c2)cc1OC. The van der Waals surface area contributed by atoms with Gasteiger partial charge in [0, 0.05) is 23.5 Å². The molecular weight excluding hydrogens is 448 g/mol. The van der Waals surface area contributed by atoms with Crippen molar-refractivity contribution in [2.75, 3.05) is 38.7 Å². The first-order chi connectivity index (χ1) is 16.9. The fraction of sp³-hybridized carbons (Fsp3) is 0.259. The molecule has 1 atom stereocenters. The Hall–Kier alpha value is -4.20. The number of nitrogens with one attached hydrogen (secondary N) is 1. The van der Waals surface area contributed by atoms with Crippen molar-refractivity contribution >= 4 is 23.2 Å². The van der Waals surface area contributed by atoms with Crippen LogP contribution in [-0.2, 0) is 15.1 Å². The van der Waals surface area contributed by atoms with Crippen LogP contribution >= 0.6 is 0 Å². The summed E-state index contributed by atoms with van der Waals surface area (Å²) in [5.74, 6) is 1.49. The van der Waals surface area contributed by atoms with Gasteiger partial charge in [-0.2, -0.15) is 0 Å². The first kappa shape index (κ1) is 23.9. The number of ether oxygens (including phenoxy) is 4. The summed E-state index contributed by atoms with van der Waals surface area (Å²) in [6, 6.07) is 17.9. The topological polar surface area (TPSA) is 86.3 Å². The van der Waals surface area contributed by atoms with E-state index in [0.29, 0.717) is 39.9 Å². The van der Waals surface area contributed by atoms with Crippen molar-refractivity contribution in [2.45, 2.75) is 18.9 Å². The molecular formula is C27H28N2O6. The maximum absolute atomic E-state index is 13.9. The Morgan fingerprint density at radius 2 is 1.37 bits per heavy atom. The second-order valence-electron chi connectivity index (χ2n) is 8.20. The van der Waals surface area contributed by atoms with E-state index in [0.717, 1.165) is 5.56 Å². The zero-order chi connectivity index (χ0) is 25.2. The van der Waals surface area contributed by atoms with Crippen molar-refractivity contribution < 1.29 is 28.5 Å². The second kappa shape index (κ2) is 9.58. The summed E-state index contributed by atoms with van der Waals surface area (Å²) in [7, 11) is 6.14. The van der Waals surface area contributed by atoms with Crippen molar-refractivity contribution in [3.63, 3.8) is 0 Å². The Morgan fingerprint density at radius 1 is 0.800 bits per heavy atom. The number of carbonyl (C=O) groups is 2. The first-order valence-corrected chi connectivity index (χ1v) is 11.0. The molecule has 3 aromatic rings. The molecule has 8 heteroatoms. The van der Waals surface area contributed by atoms with Gasteiger partial charge in [0.05, 0.1) is 34.9 Å². The molecule has 0 bridgehead atoms. The van der Waals surface area contributed by atoms with Crippen LogP contribution < -0.4 is 29.2 Å². The van der Waals surface area contributed by atoms with Gasteiger partial charge in [-0.3, -0.25) is 14.5 Å². The van der Waals surface area contributed by atoms with Gasteiger partial charge < -0.3 is 24.3 Å². The number of benzene rings is 3. The summed E-state index contributed by atoms with van der Waals surface area (Å²) >= 11 is 0. The van der Waals surface area contributed by atoms with Gasteiger partial charge in [-0.05, 0) is 36.8 Å². The van der Waals surface area contributed by atoms with E-state index in [1.54, 1.807) is 50.6 Å². The van der Waals surface area contributed by atoms with Gasteiger partial charge in [0.25, 0.3) is 5.91 Å². The average molecular weight is 477 g/mol. The predicted molar refractivity (Wildman–Crippen MR) is 133 cm³/mol. The zero-order valence-electron chi connectivity index (χ0n) is 20.4. The lowest BCUT2D eigenvalue weighted by molar-refractivity contribution is -0.137. The number of β-lactam (4-membered cyclic amide) rings is 1. The van der Waals surface area contributed by atoms with Crippen molar-refractivity contribution in [1.82, 2.24) is 0 Å². The maximum Gasteiger partial charge on any atom is 0.255 e.